The molecule has 1 aromatic heterocycles. The number of benzene rings is 1. The van der Waals surface area contributed by atoms with Crippen LogP contribution in [0.4, 0.5) is 0 Å². The number of rotatable bonds is 11. The zero-order chi connectivity index (χ0) is 25.5. The molecule has 0 bridgehead atoms. The number of aromatic nitrogens is 1. The van der Waals surface area contributed by atoms with Crippen molar-refractivity contribution in [2.45, 2.75) is 50.2 Å². The number of amides is 3. The van der Waals surface area contributed by atoms with Crippen LogP contribution >= 0.6 is 0 Å². The number of aromatic amines is 1. The van der Waals surface area contributed by atoms with Gasteiger partial charge in [-0.2, -0.15) is 0 Å². The molecule has 2 aromatic rings. The molecule has 2 heterocycles. The van der Waals surface area contributed by atoms with E-state index in [4.69, 9.17) is 15.9 Å². The second kappa shape index (κ2) is 11.5. The number of nitrogens with two attached hydrogens (primary N) is 1. The monoisotopic (exact) mass is 487 g/mol. The van der Waals surface area contributed by atoms with E-state index in [2.05, 4.69) is 15.6 Å². The largest absolute Gasteiger partial charge is 0.481 e. The maximum atomic E-state index is 13.0. The minimum atomic E-state index is -1.39. The summed E-state index contributed by atoms with van der Waals surface area (Å²) >= 11 is 0. The van der Waals surface area contributed by atoms with Crippen LogP contribution in [0.5, 0.6) is 0 Å². The molecule has 1 aliphatic heterocycles. The van der Waals surface area contributed by atoms with Crippen molar-refractivity contribution in [2.75, 3.05) is 13.1 Å². The van der Waals surface area contributed by atoms with Crippen LogP contribution < -0.4 is 16.4 Å². The molecule has 3 unspecified atom stereocenters. The third-order valence-electron chi connectivity index (χ3n) is 5.97. The van der Waals surface area contributed by atoms with Gasteiger partial charge in [-0.15, -0.1) is 0 Å². The fourth-order valence-corrected chi connectivity index (χ4v) is 4.20. The summed E-state index contributed by atoms with van der Waals surface area (Å²) in [4.78, 5) is 64.2. The maximum Gasteiger partial charge on any atom is 0.326 e. The summed E-state index contributed by atoms with van der Waals surface area (Å²) in [6.07, 6.45) is 2.40. The molecule has 3 rings (SSSR count). The summed E-state index contributed by atoms with van der Waals surface area (Å²) in [7, 11) is 0. The van der Waals surface area contributed by atoms with E-state index >= 15 is 0 Å². The Bertz CT molecular complexity index is 1110. The Hall–Kier alpha value is -3.93. The fourth-order valence-electron chi connectivity index (χ4n) is 4.20. The lowest BCUT2D eigenvalue weighted by Crippen LogP contribution is -2.53. The molecule has 0 spiro atoms. The average Bonchev–Trinajstić information content (AvgIpc) is 3.47. The van der Waals surface area contributed by atoms with Crippen molar-refractivity contribution in [2.24, 2.45) is 5.73 Å². The lowest BCUT2D eigenvalue weighted by Gasteiger charge is -2.26. The Morgan fingerprint density at radius 2 is 1.91 bits per heavy atom. The van der Waals surface area contributed by atoms with Crippen molar-refractivity contribution in [1.29, 1.82) is 0 Å². The van der Waals surface area contributed by atoms with Gasteiger partial charge in [0.05, 0.1) is 12.6 Å². The third kappa shape index (κ3) is 6.57. The SMILES string of the molecule is NC(Cc1c[nH]c2ccccc12)C(=O)N1CCCC1C(=O)NCC(=O)NC(CCC(=O)O)C(=O)O. The average molecular weight is 488 g/mol. The van der Waals surface area contributed by atoms with Crippen molar-refractivity contribution >= 4 is 40.6 Å². The summed E-state index contributed by atoms with van der Waals surface area (Å²) in [5.41, 5.74) is 8.03. The number of likely N-dealkylation sites (tertiary alicyclic amines) is 1. The molecule has 3 atom stereocenters. The van der Waals surface area contributed by atoms with Gasteiger partial charge in [-0.05, 0) is 37.3 Å². The first-order chi connectivity index (χ1) is 16.7. The first-order valence-electron chi connectivity index (χ1n) is 11.3. The molecule has 12 heteroatoms. The summed E-state index contributed by atoms with van der Waals surface area (Å²) in [5.74, 6) is -4.24. The Morgan fingerprint density at radius 3 is 2.63 bits per heavy atom. The number of hydrogen-bond acceptors (Lipinski definition) is 6. The molecule has 35 heavy (non-hydrogen) atoms. The van der Waals surface area contributed by atoms with E-state index in [-0.39, 0.29) is 12.3 Å². The van der Waals surface area contributed by atoms with E-state index < -0.39 is 54.8 Å². The van der Waals surface area contributed by atoms with Crippen LogP contribution in [0.3, 0.4) is 0 Å². The minimum absolute atomic E-state index is 0.288. The summed E-state index contributed by atoms with van der Waals surface area (Å²) in [6.45, 7) is -0.142. The number of carbonyl (C=O) groups is 5. The first kappa shape index (κ1) is 25.7. The fraction of sp³-hybridized carbons (Fsp3) is 0.435. The Balaban J connectivity index is 1.53. The third-order valence-corrected chi connectivity index (χ3v) is 5.97. The van der Waals surface area contributed by atoms with Gasteiger partial charge in [0.2, 0.25) is 17.7 Å². The van der Waals surface area contributed by atoms with Gasteiger partial charge in [0.1, 0.15) is 12.1 Å². The van der Waals surface area contributed by atoms with Crippen LogP contribution in [0.2, 0.25) is 0 Å². The molecule has 188 valence electrons. The van der Waals surface area contributed by atoms with Gasteiger partial charge in [0.15, 0.2) is 0 Å². The molecule has 1 aromatic carbocycles. The van der Waals surface area contributed by atoms with Crippen LogP contribution in [0.25, 0.3) is 10.9 Å². The van der Waals surface area contributed by atoms with Crippen molar-refractivity contribution in [3.63, 3.8) is 0 Å². The highest BCUT2D eigenvalue weighted by Gasteiger charge is 2.36. The molecule has 3 amide bonds. The standard InChI is InChI=1S/C23H29N5O7/c24-15(10-13-11-25-16-5-2-1-4-14(13)16)22(33)28-9-3-6-18(28)21(32)26-12-19(29)27-17(23(34)35)7-8-20(30)31/h1-2,4-5,11,15,17-18,25H,3,6-10,12,24H2,(H,26,32)(H,27,29)(H,30,31)(H,34,35). The lowest BCUT2D eigenvalue weighted by atomic mass is 10.0. The molecule has 1 aliphatic rings. The van der Waals surface area contributed by atoms with Gasteiger partial charge >= 0.3 is 11.9 Å². The number of carbonyl (C=O) groups excluding carboxylic acids is 3. The predicted octanol–water partition coefficient (Wildman–Crippen LogP) is -0.421. The number of fused-ring (bicyclic) bond motifs is 1. The highest BCUT2D eigenvalue weighted by atomic mass is 16.4. The van der Waals surface area contributed by atoms with Crippen molar-refractivity contribution in [3.8, 4) is 0 Å². The summed E-state index contributed by atoms with van der Waals surface area (Å²) in [5, 5.41) is 23.4. The van der Waals surface area contributed by atoms with Crippen molar-refractivity contribution in [1.82, 2.24) is 20.5 Å². The van der Waals surface area contributed by atoms with E-state index in [1.165, 1.54) is 4.90 Å². The van der Waals surface area contributed by atoms with Crippen LogP contribution in [0.1, 0.15) is 31.2 Å². The van der Waals surface area contributed by atoms with Gasteiger partial charge in [-0.3, -0.25) is 19.2 Å². The van der Waals surface area contributed by atoms with Crippen molar-refractivity contribution < 1.29 is 34.2 Å². The van der Waals surface area contributed by atoms with E-state index in [0.717, 1.165) is 16.5 Å². The number of carboxylic acids is 2. The number of carboxylic acid groups (broad SMARTS) is 2. The molecular weight excluding hydrogens is 458 g/mol. The molecule has 0 saturated carbocycles. The quantitative estimate of drug-likeness (QED) is 0.246. The van der Waals surface area contributed by atoms with Crippen LogP contribution in [-0.4, -0.2) is 81.0 Å². The maximum absolute atomic E-state index is 13.0. The number of aliphatic carboxylic acids is 2. The topological polar surface area (TPSA) is 195 Å². The number of hydrogen-bond donors (Lipinski definition) is 6. The molecule has 0 radical (unpaired) electrons. The van der Waals surface area contributed by atoms with Gasteiger partial charge in [-0.25, -0.2) is 4.79 Å². The predicted molar refractivity (Wildman–Crippen MR) is 124 cm³/mol. The lowest BCUT2D eigenvalue weighted by molar-refractivity contribution is -0.143. The highest BCUT2D eigenvalue weighted by molar-refractivity contribution is 5.93. The molecule has 12 nitrogen and oxygen atoms in total. The van der Waals surface area contributed by atoms with Crippen molar-refractivity contribution in [3.05, 3.63) is 36.0 Å². The van der Waals surface area contributed by atoms with Gasteiger partial charge in [-0.1, -0.05) is 18.2 Å². The van der Waals surface area contributed by atoms with Crippen LogP contribution in [0.15, 0.2) is 30.5 Å². The highest BCUT2D eigenvalue weighted by Crippen LogP contribution is 2.22. The van der Waals surface area contributed by atoms with Crippen LogP contribution in [0, 0.1) is 0 Å². The second-order valence-electron chi connectivity index (χ2n) is 8.47. The smallest absolute Gasteiger partial charge is 0.326 e. The Morgan fingerprint density at radius 1 is 1.17 bits per heavy atom. The number of nitrogens with one attached hydrogen (secondary N) is 3. The van der Waals surface area contributed by atoms with E-state index in [0.29, 0.717) is 25.8 Å². The van der Waals surface area contributed by atoms with Gasteiger partial charge < -0.3 is 36.5 Å². The molecule has 0 aliphatic carbocycles. The minimum Gasteiger partial charge on any atom is -0.481 e. The normalized spacial score (nSPS) is 17.1. The molecule has 7 N–H and O–H groups in total. The van der Waals surface area contributed by atoms with E-state index in [1.54, 1.807) is 0 Å². The molecule has 1 saturated heterocycles. The Labute approximate surface area is 200 Å². The van der Waals surface area contributed by atoms with Crippen LogP contribution in [-0.2, 0) is 30.4 Å². The number of H-pyrrole nitrogens is 1. The zero-order valence-corrected chi connectivity index (χ0v) is 19.0. The van der Waals surface area contributed by atoms with E-state index in [1.807, 2.05) is 30.5 Å². The summed E-state index contributed by atoms with van der Waals surface area (Å²) < 4.78 is 0. The van der Waals surface area contributed by atoms with Gasteiger partial charge in [0.25, 0.3) is 0 Å². The number of para-hydroxylation sites is 1. The summed E-state index contributed by atoms with van der Waals surface area (Å²) in [6, 6.07) is 4.64. The Kier molecular flexibility index (Phi) is 8.42. The number of nitrogens with zero attached hydrogens (tertiary/aromatic N) is 1. The first-order valence-corrected chi connectivity index (χ1v) is 11.3. The van der Waals surface area contributed by atoms with E-state index in [9.17, 15) is 24.0 Å². The van der Waals surface area contributed by atoms with Gasteiger partial charge in [0, 0.05) is 30.1 Å². The second-order valence-corrected chi connectivity index (χ2v) is 8.47. The zero-order valence-electron chi connectivity index (χ0n) is 19.0. The molecular formula is C23H29N5O7. The molecule has 1 fully saturated rings.